The van der Waals surface area contributed by atoms with Crippen LogP contribution in [0.15, 0.2) is 35.5 Å². The van der Waals surface area contributed by atoms with Crippen molar-refractivity contribution in [2.24, 2.45) is 4.99 Å². The zero-order valence-corrected chi connectivity index (χ0v) is 17.7. The molecule has 0 aliphatic carbocycles. The summed E-state index contributed by atoms with van der Waals surface area (Å²) in [7, 11) is 0. The van der Waals surface area contributed by atoms with E-state index in [0.717, 1.165) is 17.0 Å². The van der Waals surface area contributed by atoms with E-state index in [9.17, 15) is 5.11 Å². The van der Waals surface area contributed by atoms with Crippen LogP contribution in [0.5, 0.6) is 0 Å². The summed E-state index contributed by atoms with van der Waals surface area (Å²) in [5.41, 5.74) is 0.956. The van der Waals surface area contributed by atoms with Crippen molar-refractivity contribution in [2.45, 2.75) is 19.6 Å². The maximum absolute atomic E-state index is 10.1. The van der Waals surface area contributed by atoms with Gasteiger partial charge in [0.05, 0.1) is 10.9 Å². The van der Waals surface area contributed by atoms with E-state index in [0.29, 0.717) is 28.5 Å². The average Bonchev–Trinajstić information content (AvgIpc) is 2.98. The van der Waals surface area contributed by atoms with Crippen LogP contribution in [0.25, 0.3) is 0 Å². The van der Waals surface area contributed by atoms with E-state index in [4.69, 9.17) is 23.2 Å². The van der Waals surface area contributed by atoms with Crippen LogP contribution in [0.2, 0.25) is 9.49 Å². The molecule has 0 fully saturated rings. The fourth-order valence-electron chi connectivity index (χ4n) is 1.81. The quantitative estimate of drug-likeness (QED) is 0.244. The highest BCUT2D eigenvalue weighted by Crippen LogP contribution is 2.26. The molecule has 9 heteroatoms. The number of halogens is 3. The van der Waals surface area contributed by atoms with Crippen molar-refractivity contribution >= 4 is 64.5 Å². The van der Waals surface area contributed by atoms with Gasteiger partial charge >= 0.3 is 0 Å². The van der Waals surface area contributed by atoms with Crippen molar-refractivity contribution in [1.82, 2.24) is 15.6 Å². The normalized spacial score (nSPS) is 12.4. The van der Waals surface area contributed by atoms with E-state index < -0.39 is 6.10 Å². The largest absolute Gasteiger partial charge is 0.386 e. The van der Waals surface area contributed by atoms with E-state index in [1.54, 1.807) is 18.3 Å². The molecule has 24 heavy (non-hydrogen) atoms. The van der Waals surface area contributed by atoms with Gasteiger partial charge < -0.3 is 15.7 Å². The number of nitrogens with one attached hydrogen (secondary N) is 2. The third-order valence-corrected chi connectivity index (χ3v) is 4.49. The van der Waals surface area contributed by atoms with E-state index in [-0.39, 0.29) is 24.0 Å². The molecule has 0 aliphatic heterocycles. The maximum Gasteiger partial charge on any atom is 0.191 e. The molecule has 0 amide bonds. The van der Waals surface area contributed by atoms with E-state index in [1.807, 2.05) is 19.1 Å². The number of aliphatic hydroxyl groups excluding tert-OH is 1. The summed E-state index contributed by atoms with van der Waals surface area (Å²) in [6.07, 6.45) is 1.06. The highest BCUT2D eigenvalue weighted by atomic mass is 127. The summed E-state index contributed by atoms with van der Waals surface area (Å²) >= 11 is 13.0. The first kappa shape index (κ1) is 21.4. The number of nitrogens with zero attached hydrogens (tertiary/aromatic N) is 2. The molecule has 5 nitrogen and oxygen atoms in total. The lowest BCUT2D eigenvalue weighted by atomic mass is 10.3. The molecule has 0 bridgehead atoms. The molecule has 0 saturated carbocycles. The minimum Gasteiger partial charge on any atom is -0.386 e. The summed E-state index contributed by atoms with van der Waals surface area (Å²) in [5.74, 6) is 0.629. The number of pyridine rings is 1. The number of guanidine groups is 1. The van der Waals surface area contributed by atoms with Gasteiger partial charge in [-0.3, -0.25) is 0 Å². The van der Waals surface area contributed by atoms with E-state index in [1.165, 1.54) is 11.3 Å². The number of aromatic nitrogens is 1. The molecular weight excluding hydrogens is 482 g/mol. The Kier molecular flexibility index (Phi) is 9.91. The third-order valence-electron chi connectivity index (χ3n) is 2.94. The Hall–Kier alpha value is -0.610. The Morgan fingerprint density at radius 2 is 2.08 bits per heavy atom. The van der Waals surface area contributed by atoms with Gasteiger partial charge in [0.25, 0.3) is 0 Å². The van der Waals surface area contributed by atoms with Crippen molar-refractivity contribution in [3.05, 3.63) is 50.4 Å². The van der Waals surface area contributed by atoms with E-state index >= 15 is 0 Å². The fraction of sp³-hybridized carbons (Fsp3) is 0.333. The second-order valence-electron chi connectivity index (χ2n) is 4.72. The smallest absolute Gasteiger partial charge is 0.191 e. The summed E-state index contributed by atoms with van der Waals surface area (Å²) in [5, 5.41) is 16.9. The number of hydrogen-bond acceptors (Lipinski definition) is 4. The zero-order valence-electron chi connectivity index (χ0n) is 13.0. The van der Waals surface area contributed by atoms with Gasteiger partial charge in [0.2, 0.25) is 0 Å². The van der Waals surface area contributed by atoms with Gasteiger partial charge in [0.15, 0.2) is 5.96 Å². The average molecular weight is 501 g/mol. The van der Waals surface area contributed by atoms with Gasteiger partial charge in [-0.15, -0.1) is 35.3 Å². The third kappa shape index (κ3) is 7.10. The van der Waals surface area contributed by atoms with Crippen LogP contribution in [-0.2, 0) is 6.54 Å². The van der Waals surface area contributed by atoms with Crippen LogP contribution >= 0.6 is 58.5 Å². The first-order valence-electron chi connectivity index (χ1n) is 7.14. The van der Waals surface area contributed by atoms with Gasteiger partial charge in [-0.25, -0.2) is 9.98 Å². The standard InChI is InChI=1S/C15H18Cl2N4OS.HI/c1-2-18-15(20-8-10-3-5-13(16)19-7-10)21-9-11(22)12-4-6-14(17)23-12;/h3-7,11,22H,2,8-9H2,1H3,(H2,18,20,21);1H. The monoisotopic (exact) mass is 500 g/mol. The number of aliphatic imine (C=N–C) groups is 1. The van der Waals surface area contributed by atoms with Crippen molar-refractivity contribution in [1.29, 1.82) is 0 Å². The minimum atomic E-state index is -0.631. The Morgan fingerprint density at radius 3 is 2.67 bits per heavy atom. The molecule has 0 radical (unpaired) electrons. The number of aliphatic hydroxyl groups is 1. The molecule has 1 atom stereocenters. The number of rotatable bonds is 6. The molecule has 2 heterocycles. The number of thiophene rings is 1. The van der Waals surface area contributed by atoms with Crippen LogP contribution in [-0.4, -0.2) is 29.1 Å². The predicted octanol–water partition coefficient (Wildman–Crippen LogP) is 3.86. The van der Waals surface area contributed by atoms with Crippen molar-refractivity contribution < 1.29 is 5.11 Å². The molecule has 1 unspecified atom stereocenters. The molecule has 0 aliphatic rings. The van der Waals surface area contributed by atoms with Crippen molar-refractivity contribution in [2.75, 3.05) is 13.1 Å². The lowest BCUT2D eigenvalue weighted by Crippen LogP contribution is -2.39. The topological polar surface area (TPSA) is 69.5 Å². The van der Waals surface area contributed by atoms with Crippen molar-refractivity contribution in [3.63, 3.8) is 0 Å². The highest BCUT2D eigenvalue weighted by Gasteiger charge is 2.10. The predicted molar refractivity (Wildman–Crippen MR) is 112 cm³/mol. The molecule has 2 aromatic heterocycles. The first-order valence-corrected chi connectivity index (χ1v) is 8.71. The Labute approximate surface area is 172 Å². The van der Waals surface area contributed by atoms with Crippen LogP contribution < -0.4 is 10.6 Å². The number of hydrogen-bond donors (Lipinski definition) is 3. The molecule has 0 spiro atoms. The molecule has 0 aromatic carbocycles. The summed E-state index contributed by atoms with van der Waals surface area (Å²) in [6.45, 7) is 3.53. The summed E-state index contributed by atoms with van der Waals surface area (Å²) in [4.78, 5) is 9.30. The molecule has 132 valence electrons. The Balaban J connectivity index is 0.00000288. The van der Waals surface area contributed by atoms with Crippen LogP contribution in [0.1, 0.15) is 23.5 Å². The van der Waals surface area contributed by atoms with Crippen molar-refractivity contribution in [3.8, 4) is 0 Å². The van der Waals surface area contributed by atoms with E-state index in [2.05, 4.69) is 20.6 Å². The minimum absolute atomic E-state index is 0. The second kappa shape index (κ2) is 11.1. The first-order chi connectivity index (χ1) is 11.1. The zero-order chi connectivity index (χ0) is 16.7. The lowest BCUT2D eigenvalue weighted by molar-refractivity contribution is 0.184. The SMILES string of the molecule is CCNC(=NCc1ccc(Cl)nc1)NCC(O)c1ccc(Cl)s1.I. The van der Waals surface area contributed by atoms with Crippen LogP contribution in [0, 0.1) is 0 Å². The molecule has 3 N–H and O–H groups in total. The van der Waals surface area contributed by atoms with Crippen LogP contribution in [0.3, 0.4) is 0 Å². The Bertz CT molecular complexity index is 651. The van der Waals surface area contributed by atoms with Gasteiger partial charge in [0.1, 0.15) is 11.3 Å². The highest BCUT2D eigenvalue weighted by molar-refractivity contribution is 14.0. The van der Waals surface area contributed by atoms with Gasteiger partial charge in [0, 0.05) is 24.2 Å². The Morgan fingerprint density at radius 1 is 1.29 bits per heavy atom. The summed E-state index contributed by atoms with van der Waals surface area (Å²) < 4.78 is 0.662. The second-order valence-corrected chi connectivity index (χ2v) is 6.86. The molecule has 2 aromatic rings. The molecule has 2 rings (SSSR count). The van der Waals surface area contributed by atoms with Crippen LogP contribution in [0.4, 0.5) is 0 Å². The molecular formula is C15H19Cl2IN4OS. The molecule has 0 saturated heterocycles. The maximum atomic E-state index is 10.1. The fourth-order valence-corrected chi connectivity index (χ4v) is 2.97. The lowest BCUT2D eigenvalue weighted by Gasteiger charge is -2.14. The van der Waals surface area contributed by atoms with Gasteiger partial charge in [-0.1, -0.05) is 29.3 Å². The van der Waals surface area contributed by atoms with Gasteiger partial charge in [-0.2, -0.15) is 0 Å². The van der Waals surface area contributed by atoms with Gasteiger partial charge in [-0.05, 0) is 30.7 Å². The summed E-state index contributed by atoms with van der Waals surface area (Å²) in [6, 6.07) is 7.21.